The van der Waals surface area contributed by atoms with Gasteiger partial charge in [0.25, 0.3) is 0 Å². The van der Waals surface area contributed by atoms with Gasteiger partial charge in [-0.25, -0.2) is 9.97 Å². The van der Waals surface area contributed by atoms with Crippen LogP contribution in [0.15, 0.2) is 48.9 Å². The molecule has 0 fully saturated rings. The highest BCUT2D eigenvalue weighted by Gasteiger charge is 2.17. The molecule has 0 aliphatic carbocycles. The lowest BCUT2D eigenvalue weighted by Crippen LogP contribution is -2.05. The maximum atomic E-state index is 5.51. The second-order valence-electron chi connectivity index (χ2n) is 7.07. The average Bonchev–Trinajstić information content (AvgIpc) is 3.48. The molecule has 0 amide bonds. The number of benzene rings is 2. The number of anilines is 1. The largest absolute Gasteiger partial charge is 0.493 e. The van der Waals surface area contributed by atoms with Gasteiger partial charge in [0.15, 0.2) is 34.5 Å². The van der Waals surface area contributed by atoms with Gasteiger partial charge in [0, 0.05) is 24.5 Å². The molecule has 9 nitrogen and oxygen atoms in total. The van der Waals surface area contributed by atoms with Crippen LogP contribution >= 0.6 is 0 Å². The SMILES string of the molecule is COc1cc(CNc2nccn3c(-c4ccc5c(c4)OCO5)cnc23)cc(OC)c1OC. The summed E-state index contributed by atoms with van der Waals surface area (Å²) in [5, 5.41) is 3.36. The number of hydrogen-bond donors (Lipinski definition) is 1. The lowest BCUT2D eigenvalue weighted by molar-refractivity contribution is 0.174. The van der Waals surface area contributed by atoms with Crippen LogP contribution in [0.2, 0.25) is 0 Å². The molecule has 0 bridgehead atoms. The third-order valence-electron chi connectivity index (χ3n) is 5.28. The molecule has 0 saturated carbocycles. The molecule has 3 heterocycles. The van der Waals surface area contributed by atoms with Gasteiger partial charge in [-0.15, -0.1) is 0 Å². The molecule has 1 aliphatic heterocycles. The van der Waals surface area contributed by atoms with Gasteiger partial charge in [0.2, 0.25) is 12.5 Å². The molecule has 0 unspecified atom stereocenters. The summed E-state index contributed by atoms with van der Waals surface area (Å²) in [5.74, 6) is 3.89. The maximum absolute atomic E-state index is 5.51. The molecule has 1 N–H and O–H groups in total. The standard InChI is InChI=1S/C23H22N4O5/c1-28-19-8-14(9-20(29-2)21(19)30-3)11-25-22-23-26-12-16(27(23)7-6-24-22)15-4-5-17-18(10-15)32-13-31-17/h4-10,12H,11,13H2,1-3H3,(H,24,25). The van der Waals surface area contributed by atoms with Gasteiger partial charge >= 0.3 is 0 Å². The minimum absolute atomic E-state index is 0.241. The molecule has 0 saturated heterocycles. The predicted molar refractivity (Wildman–Crippen MR) is 118 cm³/mol. The van der Waals surface area contributed by atoms with Crippen LogP contribution < -0.4 is 29.0 Å². The molecule has 32 heavy (non-hydrogen) atoms. The Morgan fingerprint density at radius 1 is 0.969 bits per heavy atom. The summed E-state index contributed by atoms with van der Waals surface area (Å²) < 4.78 is 29.2. The summed E-state index contributed by atoms with van der Waals surface area (Å²) in [5.41, 5.74) is 3.57. The molecule has 4 aromatic rings. The Hall–Kier alpha value is -4.14. The van der Waals surface area contributed by atoms with Crippen LogP contribution in [0.5, 0.6) is 28.7 Å². The molecule has 1 aliphatic rings. The number of ether oxygens (including phenoxy) is 5. The Balaban J connectivity index is 1.44. The van der Waals surface area contributed by atoms with Gasteiger partial charge < -0.3 is 29.0 Å². The first kappa shape index (κ1) is 19.8. The molecule has 0 radical (unpaired) electrons. The minimum Gasteiger partial charge on any atom is -0.493 e. The topological polar surface area (TPSA) is 88.4 Å². The van der Waals surface area contributed by atoms with Gasteiger partial charge in [-0.05, 0) is 35.9 Å². The summed E-state index contributed by atoms with van der Waals surface area (Å²) in [6.07, 6.45) is 5.44. The van der Waals surface area contributed by atoms with E-state index in [1.807, 2.05) is 47.1 Å². The molecule has 5 rings (SSSR count). The highest BCUT2D eigenvalue weighted by molar-refractivity contribution is 5.72. The van der Waals surface area contributed by atoms with Crippen LogP contribution in [0, 0.1) is 0 Å². The van der Waals surface area contributed by atoms with E-state index in [9.17, 15) is 0 Å². The van der Waals surface area contributed by atoms with Crippen LogP contribution in [-0.2, 0) is 6.54 Å². The molecule has 0 atom stereocenters. The molecule has 2 aromatic heterocycles. The van der Waals surface area contributed by atoms with E-state index in [0.717, 1.165) is 28.3 Å². The van der Waals surface area contributed by atoms with E-state index in [0.29, 0.717) is 35.3 Å². The van der Waals surface area contributed by atoms with Crippen LogP contribution in [-0.4, -0.2) is 42.5 Å². The smallest absolute Gasteiger partial charge is 0.231 e. The van der Waals surface area contributed by atoms with E-state index >= 15 is 0 Å². The van der Waals surface area contributed by atoms with Gasteiger partial charge in [-0.3, -0.25) is 4.40 Å². The van der Waals surface area contributed by atoms with Gasteiger partial charge in [0.05, 0.1) is 33.2 Å². The number of rotatable bonds is 7. The van der Waals surface area contributed by atoms with Crippen molar-refractivity contribution in [1.29, 1.82) is 0 Å². The summed E-state index contributed by atoms with van der Waals surface area (Å²) in [6, 6.07) is 9.65. The molecular formula is C23H22N4O5. The Morgan fingerprint density at radius 3 is 2.50 bits per heavy atom. The van der Waals surface area contributed by atoms with Gasteiger partial charge in [-0.1, -0.05) is 0 Å². The number of hydrogen-bond acceptors (Lipinski definition) is 8. The number of nitrogens with one attached hydrogen (secondary N) is 1. The van der Waals surface area contributed by atoms with E-state index in [4.69, 9.17) is 23.7 Å². The summed E-state index contributed by atoms with van der Waals surface area (Å²) in [6.45, 7) is 0.737. The zero-order valence-electron chi connectivity index (χ0n) is 17.9. The zero-order valence-corrected chi connectivity index (χ0v) is 17.9. The van der Waals surface area contributed by atoms with E-state index < -0.39 is 0 Å². The number of nitrogens with zero attached hydrogens (tertiary/aromatic N) is 3. The highest BCUT2D eigenvalue weighted by Crippen LogP contribution is 2.39. The first-order valence-corrected chi connectivity index (χ1v) is 9.96. The number of methoxy groups -OCH3 is 3. The molecular weight excluding hydrogens is 412 g/mol. The Labute approximate surface area is 184 Å². The van der Waals surface area contributed by atoms with Crippen molar-refractivity contribution in [1.82, 2.24) is 14.4 Å². The normalized spacial score (nSPS) is 12.1. The molecule has 0 spiro atoms. The van der Waals surface area contributed by atoms with Crippen molar-refractivity contribution < 1.29 is 23.7 Å². The third kappa shape index (κ3) is 3.37. The van der Waals surface area contributed by atoms with Crippen molar-refractivity contribution in [2.24, 2.45) is 0 Å². The first-order valence-electron chi connectivity index (χ1n) is 9.96. The molecule has 9 heteroatoms. The predicted octanol–water partition coefficient (Wildman–Crippen LogP) is 3.76. The van der Waals surface area contributed by atoms with Crippen molar-refractivity contribution in [2.45, 2.75) is 6.54 Å². The van der Waals surface area contributed by atoms with E-state index in [1.54, 1.807) is 27.5 Å². The van der Waals surface area contributed by atoms with Crippen LogP contribution in [0.25, 0.3) is 16.9 Å². The maximum Gasteiger partial charge on any atom is 0.231 e. The quantitative estimate of drug-likeness (QED) is 0.470. The van der Waals surface area contributed by atoms with Crippen LogP contribution in [0.4, 0.5) is 5.82 Å². The Kier molecular flexibility index (Phi) is 5.06. The zero-order chi connectivity index (χ0) is 22.1. The van der Waals surface area contributed by atoms with E-state index in [2.05, 4.69) is 15.3 Å². The summed E-state index contributed by atoms with van der Waals surface area (Å²) >= 11 is 0. The number of fused-ring (bicyclic) bond motifs is 2. The second kappa shape index (κ2) is 8.18. The lowest BCUT2D eigenvalue weighted by atomic mass is 10.1. The second-order valence-corrected chi connectivity index (χ2v) is 7.07. The molecule has 2 aromatic carbocycles. The van der Waals surface area contributed by atoms with Gasteiger partial charge in [0.1, 0.15) is 0 Å². The van der Waals surface area contributed by atoms with Crippen molar-refractivity contribution in [2.75, 3.05) is 33.4 Å². The number of aromatic nitrogens is 3. The van der Waals surface area contributed by atoms with Crippen LogP contribution in [0.3, 0.4) is 0 Å². The minimum atomic E-state index is 0.241. The fourth-order valence-corrected chi connectivity index (χ4v) is 3.74. The van der Waals surface area contributed by atoms with Crippen LogP contribution in [0.1, 0.15) is 5.56 Å². The van der Waals surface area contributed by atoms with E-state index in [1.165, 1.54) is 0 Å². The summed E-state index contributed by atoms with van der Waals surface area (Å²) in [7, 11) is 4.77. The van der Waals surface area contributed by atoms with E-state index in [-0.39, 0.29) is 6.79 Å². The Morgan fingerprint density at radius 2 is 1.75 bits per heavy atom. The number of imidazole rings is 1. The lowest BCUT2D eigenvalue weighted by Gasteiger charge is -2.14. The Bertz CT molecular complexity index is 1260. The first-order chi connectivity index (χ1) is 15.7. The van der Waals surface area contributed by atoms with Gasteiger partial charge in [-0.2, -0.15) is 0 Å². The summed E-state index contributed by atoms with van der Waals surface area (Å²) in [4.78, 5) is 9.07. The van der Waals surface area contributed by atoms with Crippen molar-refractivity contribution in [3.63, 3.8) is 0 Å². The fraction of sp³-hybridized carbons (Fsp3) is 0.217. The van der Waals surface area contributed by atoms with Crippen molar-refractivity contribution in [3.8, 4) is 40.0 Å². The monoisotopic (exact) mass is 434 g/mol. The fourth-order valence-electron chi connectivity index (χ4n) is 3.74. The van der Waals surface area contributed by atoms with Crippen molar-refractivity contribution in [3.05, 3.63) is 54.5 Å². The third-order valence-corrected chi connectivity index (χ3v) is 5.28. The molecule has 164 valence electrons. The van der Waals surface area contributed by atoms with Crippen molar-refractivity contribution >= 4 is 11.5 Å². The average molecular weight is 434 g/mol. The highest BCUT2D eigenvalue weighted by atomic mass is 16.7.